The largest absolute Gasteiger partial charge is 0.497 e. The topological polar surface area (TPSA) is 121 Å². The Morgan fingerprint density at radius 2 is 1.45 bits per heavy atom. The van der Waals surface area contributed by atoms with E-state index in [0.29, 0.717) is 29.0 Å². The molecule has 1 aromatic heterocycles. The number of carbonyl (C=O) groups is 1. The lowest BCUT2D eigenvalue weighted by molar-refractivity contribution is -0.175. The van der Waals surface area contributed by atoms with Crippen LogP contribution in [0, 0.1) is 18.8 Å². The SMILES string of the molecule is COc1ccc(C(OC[C@@]23C[C@@H](C)[C@@H]([C@H](n4cc(C)c(NC(=O)c5ccccc5)nc4=O)O2)[C@@H]3O)(c2ccccc2)c2ccc(OC)cc2)cc1. The summed E-state index contributed by atoms with van der Waals surface area (Å²) in [5.41, 5.74) is 0.790. The van der Waals surface area contributed by atoms with Crippen LogP contribution in [-0.2, 0) is 15.1 Å². The van der Waals surface area contributed by atoms with Crippen molar-refractivity contribution >= 4 is 11.7 Å². The second-order valence-corrected chi connectivity index (χ2v) is 13.4. The third-order valence-electron chi connectivity index (χ3n) is 10.3. The van der Waals surface area contributed by atoms with Gasteiger partial charge in [0.15, 0.2) is 0 Å². The van der Waals surface area contributed by atoms with Crippen LogP contribution in [0.25, 0.3) is 0 Å². The summed E-state index contributed by atoms with van der Waals surface area (Å²) in [6.07, 6.45) is 0.441. The summed E-state index contributed by atoms with van der Waals surface area (Å²) in [6.45, 7) is 3.85. The molecular weight excluding hydrogens is 646 g/mol. The molecule has 2 fully saturated rings. The van der Waals surface area contributed by atoms with E-state index in [4.69, 9.17) is 18.9 Å². The van der Waals surface area contributed by atoms with Crippen LogP contribution in [-0.4, -0.2) is 53.1 Å². The summed E-state index contributed by atoms with van der Waals surface area (Å²) in [6, 6.07) is 34.2. The Morgan fingerprint density at radius 3 is 2.02 bits per heavy atom. The average molecular weight is 688 g/mol. The van der Waals surface area contributed by atoms with Crippen molar-refractivity contribution in [1.82, 2.24) is 9.55 Å². The van der Waals surface area contributed by atoms with Crippen molar-refractivity contribution in [3.8, 4) is 11.5 Å². The van der Waals surface area contributed by atoms with Crippen LogP contribution in [0.5, 0.6) is 11.5 Å². The van der Waals surface area contributed by atoms with Crippen molar-refractivity contribution in [2.45, 2.75) is 43.8 Å². The molecule has 0 radical (unpaired) electrons. The first-order chi connectivity index (χ1) is 24.7. The highest BCUT2D eigenvalue weighted by atomic mass is 16.6. The van der Waals surface area contributed by atoms with E-state index in [0.717, 1.165) is 16.7 Å². The van der Waals surface area contributed by atoms with E-state index in [2.05, 4.69) is 17.2 Å². The fraction of sp³-hybridized carbons (Fsp3) is 0.293. The highest BCUT2D eigenvalue weighted by molar-refractivity contribution is 6.04. The van der Waals surface area contributed by atoms with Crippen LogP contribution in [0.3, 0.4) is 0 Å². The molecule has 1 aliphatic carbocycles. The van der Waals surface area contributed by atoms with Gasteiger partial charge in [-0.3, -0.25) is 9.36 Å². The molecule has 2 aliphatic rings. The van der Waals surface area contributed by atoms with Gasteiger partial charge in [-0.05, 0) is 72.4 Å². The smallest absolute Gasteiger partial charge is 0.351 e. The summed E-state index contributed by atoms with van der Waals surface area (Å²) in [5.74, 6) is 0.824. The molecule has 51 heavy (non-hydrogen) atoms. The van der Waals surface area contributed by atoms with E-state index < -0.39 is 35.1 Å². The van der Waals surface area contributed by atoms with Crippen LogP contribution >= 0.6 is 0 Å². The maximum atomic E-state index is 13.6. The molecule has 10 heteroatoms. The van der Waals surface area contributed by atoms with Gasteiger partial charge in [0.05, 0.1) is 26.9 Å². The van der Waals surface area contributed by atoms with Gasteiger partial charge in [-0.1, -0.05) is 79.7 Å². The molecule has 10 nitrogen and oxygen atoms in total. The molecule has 0 unspecified atom stereocenters. The Bertz CT molecular complexity index is 2000. The van der Waals surface area contributed by atoms with Gasteiger partial charge in [-0.15, -0.1) is 0 Å². The van der Waals surface area contributed by atoms with Crippen molar-refractivity contribution in [3.63, 3.8) is 0 Å². The number of aryl methyl sites for hydroxylation is 1. The van der Waals surface area contributed by atoms with Crippen LogP contribution in [0.4, 0.5) is 5.82 Å². The maximum absolute atomic E-state index is 13.6. The molecule has 1 amide bonds. The van der Waals surface area contributed by atoms with Gasteiger partial charge in [-0.2, -0.15) is 4.98 Å². The first-order valence-electron chi connectivity index (χ1n) is 17.0. The quantitative estimate of drug-likeness (QED) is 0.160. The number of nitrogens with one attached hydrogen (secondary N) is 1. The molecule has 262 valence electrons. The van der Waals surface area contributed by atoms with E-state index in [-0.39, 0.29) is 24.2 Å². The Hall–Kier alpha value is -5.29. The zero-order valence-electron chi connectivity index (χ0n) is 29.0. The predicted octanol–water partition coefficient (Wildman–Crippen LogP) is 6.11. The Kier molecular flexibility index (Phi) is 9.24. The van der Waals surface area contributed by atoms with E-state index in [9.17, 15) is 14.7 Å². The van der Waals surface area contributed by atoms with Crippen molar-refractivity contribution < 1.29 is 28.8 Å². The fourth-order valence-electron chi connectivity index (χ4n) is 7.71. The number of ether oxygens (including phenoxy) is 4. The third kappa shape index (κ3) is 6.09. The lowest BCUT2D eigenvalue weighted by Crippen LogP contribution is -2.46. The number of hydrogen-bond acceptors (Lipinski definition) is 8. The number of aliphatic hydroxyl groups excluding tert-OH is 1. The third-order valence-corrected chi connectivity index (χ3v) is 10.3. The fourth-order valence-corrected chi connectivity index (χ4v) is 7.71. The number of nitrogens with zero attached hydrogens (tertiary/aromatic N) is 2. The van der Waals surface area contributed by atoms with Crippen LogP contribution < -0.4 is 20.5 Å². The number of rotatable bonds is 11. The standard InChI is InChI=1S/C41H41N3O7/c1-26-23-40(35(45)34(26)38(51-40)44-24-27(2)36(43-39(44)47)42-37(46)28-11-7-5-8-12-28)25-50-41(29-13-9-6-10-14-29,30-15-19-32(48-3)20-16-30)31-17-21-33(49-4)22-18-31/h5-22,24,26,34-35,38,45H,23,25H2,1-4H3,(H,42,43,46,47)/t26-,34-,35+,38-,40-/m1/s1. The van der Waals surface area contributed by atoms with Crippen molar-refractivity contribution in [3.05, 3.63) is 154 Å². The molecule has 7 rings (SSSR count). The lowest BCUT2D eigenvalue weighted by atomic mass is 9.79. The first-order valence-corrected chi connectivity index (χ1v) is 17.0. The number of fused-ring (bicyclic) bond motifs is 2. The normalized spacial score (nSPS) is 22.5. The molecule has 0 spiro atoms. The van der Waals surface area contributed by atoms with Crippen LogP contribution in [0.1, 0.15) is 52.2 Å². The number of hydrogen-bond donors (Lipinski definition) is 2. The second kappa shape index (κ2) is 13.8. The van der Waals surface area contributed by atoms with Crippen LogP contribution in [0.15, 0.2) is 120 Å². The highest BCUT2D eigenvalue weighted by Crippen LogP contribution is 2.56. The average Bonchev–Trinajstić information content (AvgIpc) is 3.58. The molecule has 5 aromatic rings. The molecule has 2 bridgehead atoms. The minimum Gasteiger partial charge on any atom is -0.497 e. The Labute approximate surface area is 296 Å². The number of methoxy groups -OCH3 is 2. The zero-order chi connectivity index (χ0) is 35.8. The van der Waals surface area contributed by atoms with Gasteiger partial charge in [0.2, 0.25) is 0 Å². The van der Waals surface area contributed by atoms with Crippen molar-refractivity contribution in [2.75, 3.05) is 26.1 Å². The number of anilines is 1. The van der Waals surface area contributed by atoms with Crippen molar-refractivity contribution in [2.24, 2.45) is 11.8 Å². The summed E-state index contributed by atoms with van der Waals surface area (Å²) in [4.78, 5) is 30.6. The van der Waals surface area contributed by atoms with Gasteiger partial charge < -0.3 is 29.4 Å². The molecule has 1 aliphatic heterocycles. The monoisotopic (exact) mass is 687 g/mol. The number of carbonyl (C=O) groups excluding carboxylic acids is 1. The second-order valence-electron chi connectivity index (χ2n) is 13.4. The number of amides is 1. The van der Waals surface area contributed by atoms with Gasteiger partial charge >= 0.3 is 5.69 Å². The minimum absolute atomic E-state index is 0.000106. The summed E-state index contributed by atoms with van der Waals surface area (Å²) in [5, 5.41) is 14.7. The first kappa shape index (κ1) is 34.2. The molecule has 4 aromatic carbocycles. The number of aliphatic hydroxyl groups is 1. The molecule has 2 N–H and O–H groups in total. The summed E-state index contributed by atoms with van der Waals surface area (Å²) < 4.78 is 26.3. The van der Waals surface area contributed by atoms with Crippen molar-refractivity contribution in [1.29, 1.82) is 0 Å². The Morgan fingerprint density at radius 1 is 0.902 bits per heavy atom. The highest BCUT2D eigenvalue weighted by Gasteiger charge is 2.64. The van der Waals surface area contributed by atoms with Gasteiger partial charge in [0, 0.05) is 23.2 Å². The van der Waals surface area contributed by atoms with E-state index in [1.165, 1.54) is 4.57 Å². The summed E-state index contributed by atoms with van der Waals surface area (Å²) >= 11 is 0. The lowest BCUT2D eigenvalue weighted by Gasteiger charge is -2.40. The maximum Gasteiger partial charge on any atom is 0.351 e. The van der Waals surface area contributed by atoms with E-state index in [1.54, 1.807) is 51.6 Å². The molecule has 2 heterocycles. The predicted molar refractivity (Wildman–Crippen MR) is 192 cm³/mol. The number of benzene rings is 4. The molecular formula is C41H41N3O7. The van der Waals surface area contributed by atoms with Gasteiger partial charge in [0.1, 0.15) is 34.7 Å². The van der Waals surface area contributed by atoms with E-state index in [1.807, 2.05) is 84.9 Å². The molecule has 1 saturated carbocycles. The summed E-state index contributed by atoms with van der Waals surface area (Å²) in [7, 11) is 3.25. The van der Waals surface area contributed by atoms with Gasteiger partial charge in [-0.25, -0.2) is 4.79 Å². The van der Waals surface area contributed by atoms with E-state index >= 15 is 0 Å². The minimum atomic E-state index is -1.12. The molecule has 1 saturated heterocycles. The Balaban J connectivity index is 1.24. The van der Waals surface area contributed by atoms with Gasteiger partial charge in [0.25, 0.3) is 5.91 Å². The van der Waals surface area contributed by atoms with Crippen LogP contribution in [0.2, 0.25) is 0 Å². The number of aromatic nitrogens is 2. The molecule has 5 atom stereocenters. The zero-order valence-corrected chi connectivity index (χ0v) is 29.0.